The standard InChI is InChI=1S/C31H50O3SSi2/c1-12-26(17-18-32)29-20-25(23-35-29)14-13-24-15-16-27(21-33-36(8,9)30(2,3)4)28(19-24)22-34-37(10,11)31(5,6)7/h15-20,23H,12-14,21-22H2,1-11H3/b26-17+. The highest BCUT2D eigenvalue weighted by Crippen LogP contribution is 2.39. The van der Waals surface area contributed by atoms with E-state index in [1.165, 1.54) is 27.1 Å². The average molecular weight is 559 g/mol. The van der Waals surface area contributed by atoms with E-state index in [0.717, 1.165) is 31.1 Å². The van der Waals surface area contributed by atoms with Crippen LogP contribution in [0, 0.1) is 0 Å². The van der Waals surface area contributed by atoms with Crippen LogP contribution in [0.1, 0.15) is 82.0 Å². The van der Waals surface area contributed by atoms with Gasteiger partial charge in [0.2, 0.25) is 0 Å². The molecule has 1 aromatic heterocycles. The number of hydrogen-bond donors (Lipinski definition) is 0. The molecule has 0 fully saturated rings. The van der Waals surface area contributed by atoms with Gasteiger partial charge in [-0.2, -0.15) is 0 Å². The molecule has 0 atom stereocenters. The van der Waals surface area contributed by atoms with Gasteiger partial charge in [0.15, 0.2) is 16.6 Å². The van der Waals surface area contributed by atoms with Gasteiger partial charge in [-0.1, -0.05) is 66.7 Å². The quantitative estimate of drug-likeness (QED) is 0.148. The SMILES string of the molecule is CC/C(=C\C=O)c1cc(CCc2ccc(CO[Si](C)(C)C(C)(C)C)c(CO[Si](C)(C)C(C)(C)C)c2)cs1. The van der Waals surface area contributed by atoms with E-state index < -0.39 is 16.6 Å². The first-order chi connectivity index (χ1) is 17.0. The van der Waals surface area contributed by atoms with Gasteiger partial charge in [0.25, 0.3) is 0 Å². The van der Waals surface area contributed by atoms with Gasteiger partial charge in [0.05, 0.1) is 13.2 Å². The highest BCUT2D eigenvalue weighted by Gasteiger charge is 2.38. The Hall–Kier alpha value is -1.32. The molecule has 0 unspecified atom stereocenters. The molecule has 0 radical (unpaired) electrons. The fourth-order valence-corrected chi connectivity index (χ4v) is 6.43. The van der Waals surface area contributed by atoms with E-state index in [0.29, 0.717) is 13.2 Å². The summed E-state index contributed by atoms with van der Waals surface area (Å²) in [6, 6.07) is 9.10. The van der Waals surface area contributed by atoms with Gasteiger partial charge < -0.3 is 8.85 Å². The van der Waals surface area contributed by atoms with Crippen molar-refractivity contribution in [2.75, 3.05) is 0 Å². The number of aryl methyl sites for hydroxylation is 2. The van der Waals surface area contributed by atoms with Crippen molar-refractivity contribution in [1.82, 2.24) is 0 Å². The fraction of sp³-hybridized carbons (Fsp3) is 0.581. The van der Waals surface area contributed by atoms with Crippen LogP contribution in [0.4, 0.5) is 0 Å². The third-order valence-electron chi connectivity index (χ3n) is 8.38. The molecule has 1 heterocycles. The summed E-state index contributed by atoms with van der Waals surface area (Å²) in [5.74, 6) is 0. The summed E-state index contributed by atoms with van der Waals surface area (Å²) in [5.41, 5.74) is 6.28. The number of carbonyl (C=O) groups excluding carboxylic acids is 1. The minimum Gasteiger partial charge on any atom is -0.413 e. The minimum absolute atomic E-state index is 0.175. The molecular formula is C31H50O3SSi2. The molecule has 0 N–H and O–H groups in total. The maximum absolute atomic E-state index is 11.0. The molecule has 0 aliphatic rings. The maximum Gasteiger partial charge on any atom is 0.192 e. The van der Waals surface area contributed by atoms with E-state index in [4.69, 9.17) is 8.85 Å². The molecule has 1 aromatic carbocycles. The monoisotopic (exact) mass is 558 g/mol. The number of hydrogen-bond acceptors (Lipinski definition) is 4. The highest BCUT2D eigenvalue weighted by molar-refractivity contribution is 7.11. The summed E-state index contributed by atoms with van der Waals surface area (Å²) >= 11 is 1.73. The first-order valence-corrected chi connectivity index (χ1v) is 20.3. The van der Waals surface area contributed by atoms with Crippen LogP contribution in [-0.4, -0.2) is 22.9 Å². The number of carbonyl (C=O) groups is 1. The maximum atomic E-state index is 11.0. The van der Waals surface area contributed by atoms with Gasteiger partial charge in [-0.15, -0.1) is 11.3 Å². The number of aldehydes is 1. The molecule has 6 heteroatoms. The zero-order valence-corrected chi connectivity index (χ0v) is 28.0. The number of rotatable bonds is 12. The second-order valence-corrected chi connectivity index (χ2v) is 23.7. The normalized spacial score (nSPS) is 13.8. The van der Waals surface area contributed by atoms with Crippen LogP contribution in [0.2, 0.25) is 36.3 Å². The summed E-state index contributed by atoms with van der Waals surface area (Å²) in [4.78, 5) is 12.2. The van der Waals surface area contributed by atoms with E-state index in [2.05, 4.69) is 104 Å². The van der Waals surface area contributed by atoms with Crippen molar-refractivity contribution in [1.29, 1.82) is 0 Å². The van der Waals surface area contributed by atoms with Crippen molar-refractivity contribution in [3.05, 3.63) is 62.9 Å². The molecule has 0 aliphatic heterocycles. The Morgan fingerprint density at radius 2 is 1.38 bits per heavy atom. The minimum atomic E-state index is -1.87. The van der Waals surface area contributed by atoms with E-state index in [9.17, 15) is 4.79 Å². The lowest BCUT2D eigenvalue weighted by atomic mass is 10.0. The fourth-order valence-electron chi connectivity index (χ4n) is 3.48. The van der Waals surface area contributed by atoms with Crippen LogP contribution in [0.25, 0.3) is 5.57 Å². The van der Waals surface area contributed by atoms with Crippen LogP contribution in [0.5, 0.6) is 0 Å². The first kappa shape index (κ1) is 31.9. The molecule has 3 nitrogen and oxygen atoms in total. The predicted molar refractivity (Wildman–Crippen MR) is 166 cm³/mol. The molecule has 0 aliphatic carbocycles. The third kappa shape index (κ3) is 8.86. The van der Waals surface area contributed by atoms with Gasteiger partial charge in [-0.25, -0.2) is 0 Å². The molecule has 0 bridgehead atoms. The lowest BCUT2D eigenvalue weighted by Gasteiger charge is -2.37. The van der Waals surface area contributed by atoms with E-state index in [-0.39, 0.29) is 10.1 Å². The van der Waals surface area contributed by atoms with Gasteiger partial charge in [0, 0.05) is 4.88 Å². The van der Waals surface area contributed by atoms with E-state index in [1.54, 1.807) is 17.4 Å². The van der Waals surface area contributed by atoms with E-state index in [1.807, 2.05) is 0 Å². The Morgan fingerprint density at radius 3 is 1.89 bits per heavy atom. The topological polar surface area (TPSA) is 35.5 Å². The Kier molecular flexibility index (Phi) is 10.9. The Bertz CT molecular complexity index is 1070. The number of thiophene rings is 1. The zero-order chi connectivity index (χ0) is 28.1. The van der Waals surface area contributed by atoms with Crippen LogP contribution in [0.3, 0.4) is 0 Å². The molecule has 206 valence electrons. The Morgan fingerprint density at radius 1 is 0.838 bits per heavy atom. The second kappa shape index (κ2) is 12.7. The van der Waals surface area contributed by atoms with Crippen LogP contribution >= 0.6 is 11.3 Å². The average Bonchev–Trinajstić information content (AvgIpc) is 3.26. The molecule has 0 saturated heterocycles. The van der Waals surface area contributed by atoms with Crippen LogP contribution in [-0.2, 0) is 39.7 Å². The summed E-state index contributed by atoms with van der Waals surface area (Å²) in [7, 11) is -3.71. The lowest BCUT2D eigenvalue weighted by Crippen LogP contribution is -2.41. The van der Waals surface area contributed by atoms with Crippen LogP contribution in [0.15, 0.2) is 35.7 Å². The molecule has 37 heavy (non-hydrogen) atoms. The Balaban J connectivity index is 2.24. The summed E-state index contributed by atoms with van der Waals surface area (Å²) in [6.45, 7) is 26.4. The smallest absolute Gasteiger partial charge is 0.192 e. The summed E-state index contributed by atoms with van der Waals surface area (Å²) in [6.07, 6.45) is 5.41. The van der Waals surface area contributed by atoms with Gasteiger partial charge in [-0.05, 0) is 101 Å². The van der Waals surface area contributed by atoms with Gasteiger partial charge >= 0.3 is 0 Å². The molecule has 2 aromatic rings. The number of benzene rings is 1. The molecule has 0 amide bonds. The van der Waals surface area contributed by atoms with Gasteiger partial charge in [0.1, 0.15) is 6.29 Å². The van der Waals surface area contributed by atoms with Gasteiger partial charge in [-0.3, -0.25) is 4.79 Å². The van der Waals surface area contributed by atoms with Crippen molar-refractivity contribution >= 4 is 39.8 Å². The summed E-state index contributed by atoms with van der Waals surface area (Å²) in [5, 5.41) is 2.59. The third-order valence-corrected chi connectivity index (χ3v) is 18.4. The zero-order valence-electron chi connectivity index (χ0n) is 25.2. The first-order valence-electron chi connectivity index (χ1n) is 13.6. The highest BCUT2D eigenvalue weighted by atomic mass is 32.1. The van der Waals surface area contributed by atoms with Crippen LogP contribution < -0.4 is 0 Å². The Labute approximate surface area is 233 Å². The molecular weight excluding hydrogens is 509 g/mol. The molecule has 0 saturated carbocycles. The van der Waals surface area contributed by atoms with Crippen molar-refractivity contribution in [2.45, 2.75) is 117 Å². The van der Waals surface area contributed by atoms with E-state index >= 15 is 0 Å². The summed E-state index contributed by atoms with van der Waals surface area (Å²) < 4.78 is 13.3. The molecule has 0 spiro atoms. The predicted octanol–water partition coefficient (Wildman–Crippen LogP) is 9.57. The number of allylic oxidation sites excluding steroid dienone is 2. The van der Waals surface area contributed by atoms with Crippen molar-refractivity contribution in [3.63, 3.8) is 0 Å². The van der Waals surface area contributed by atoms with Crippen molar-refractivity contribution in [3.8, 4) is 0 Å². The lowest BCUT2D eigenvalue weighted by molar-refractivity contribution is -0.104. The second-order valence-electron chi connectivity index (χ2n) is 13.2. The largest absolute Gasteiger partial charge is 0.413 e. The van der Waals surface area contributed by atoms with Crippen molar-refractivity contribution in [2.24, 2.45) is 0 Å². The van der Waals surface area contributed by atoms with Crippen molar-refractivity contribution < 1.29 is 13.6 Å². The molecule has 2 rings (SSSR count).